The molecule has 3 nitrogen and oxygen atoms in total. The third-order valence-electron chi connectivity index (χ3n) is 3.28. The first kappa shape index (κ1) is 15.6. The van der Waals surface area contributed by atoms with Crippen LogP contribution < -0.4 is 10.1 Å². The van der Waals surface area contributed by atoms with Crippen molar-refractivity contribution < 1.29 is 9.47 Å². The molecule has 4 heteroatoms. The number of hydrogen-bond acceptors (Lipinski definition) is 3. The molecule has 0 aromatic heterocycles. The van der Waals surface area contributed by atoms with E-state index in [0.29, 0.717) is 12.7 Å². The predicted octanol–water partition coefficient (Wildman–Crippen LogP) is 3.85. The van der Waals surface area contributed by atoms with Crippen molar-refractivity contribution >= 4 is 11.6 Å². The van der Waals surface area contributed by atoms with E-state index < -0.39 is 0 Å². The number of benzene rings is 1. The van der Waals surface area contributed by atoms with E-state index in [1.54, 1.807) is 0 Å². The average molecular weight is 298 g/mol. The van der Waals surface area contributed by atoms with E-state index in [9.17, 15) is 0 Å². The van der Waals surface area contributed by atoms with Crippen LogP contribution >= 0.6 is 11.6 Å². The number of hydrogen-bond donors (Lipinski definition) is 1. The van der Waals surface area contributed by atoms with E-state index in [1.165, 1.54) is 12.8 Å². The molecule has 0 spiro atoms. The molecular formula is C16H24ClNO2. The van der Waals surface area contributed by atoms with Gasteiger partial charge in [0.25, 0.3) is 0 Å². The smallest absolute Gasteiger partial charge is 0.189 e. The lowest BCUT2D eigenvalue weighted by Crippen LogP contribution is -2.20. The predicted molar refractivity (Wildman–Crippen MR) is 82.2 cm³/mol. The molecule has 1 aliphatic carbocycles. The molecule has 0 bridgehead atoms. The quantitative estimate of drug-likeness (QED) is 0.555. The third-order valence-corrected chi connectivity index (χ3v) is 3.63. The van der Waals surface area contributed by atoms with Gasteiger partial charge in [0.05, 0.1) is 6.61 Å². The lowest BCUT2D eigenvalue weighted by atomic mass is 10.2. The fraction of sp³-hybridized carbons (Fsp3) is 0.625. The van der Waals surface area contributed by atoms with Crippen LogP contribution in [0.25, 0.3) is 0 Å². The molecule has 2 rings (SSSR count). The molecular weight excluding hydrogens is 274 g/mol. The zero-order valence-corrected chi connectivity index (χ0v) is 13.1. The minimum Gasteiger partial charge on any atom is -0.467 e. The Bertz CT molecular complexity index is 419. The summed E-state index contributed by atoms with van der Waals surface area (Å²) in [5.41, 5.74) is 1.00. The maximum Gasteiger partial charge on any atom is 0.189 e. The van der Waals surface area contributed by atoms with Gasteiger partial charge in [0.15, 0.2) is 6.79 Å². The van der Waals surface area contributed by atoms with Crippen molar-refractivity contribution in [2.24, 2.45) is 11.8 Å². The molecule has 1 saturated carbocycles. The third kappa shape index (κ3) is 5.31. The highest BCUT2D eigenvalue weighted by Gasteiger charge is 2.21. The van der Waals surface area contributed by atoms with Gasteiger partial charge >= 0.3 is 0 Å². The summed E-state index contributed by atoms with van der Waals surface area (Å²) in [4.78, 5) is 0. The van der Waals surface area contributed by atoms with Crippen molar-refractivity contribution in [2.45, 2.75) is 33.2 Å². The van der Waals surface area contributed by atoms with Gasteiger partial charge in [-0.2, -0.15) is 0 Å². The lowest BCUT2D eigenvalue weighted by molar-refractivity contribution is 0.00942. The number of nitrogens with one attached hydrogen (secondary N) is 1. The molecule has 0 atom stereocenters. The zero-order chi connectivity index (χ0) is 14.4. The van der Waals surface area contributed by atoms with Crippen molar-refractivity contribution in [1.82, 2.24) is 5.32 Å². The maximum absolute atomic E-state index is 6.26. The van der Waals surface area contributed by atoms with Crippen LogP contribution in [0.5, 0.6) is 5.75 Å². The minimum absolute atomic E-state index is 0.300. The first-order chi connectivity index (χ1) is 9.66. The van der Waals surface area contributed by atoms with Crippen LogP contribution in [0.2, 0.25) is 5.02 Å². The molecule has 0 radical (unpaired) electrons. The highest BCUT2D eigenvalue weighted by atomic mass is 35.5. The first-order valence-corrected chi connectivity index (χ1v) is 7.73. The lowest BCUT2D eigenvalue weighted by Gasteiger charge is -2.14. The van der Waals surface area contributed by atoms with E-state index in [-0.39, 0.29) is 0 Å². The summed E-state index contributed by atoms with van der Waals surface area (Å²) in [6.45, 7) is 7.15. The van der Waals surface area contributed by atoms with Gasteiger partial charge in [-0.25, -0.2) is 0 Å². The topological polar surface area (TPSA) is 30.5 Å². The summed E-state index contributed by atoms with van der Waals surface area (Å²) in [7, 11) is 0. The van der Waals surface area contributed by atoms with Crippen LogP contribution in [0.15, 0.2) is 18.2 Å². The highest BCUT2D eigenvalue weighted by molar-refractivity contribution is 6.31. The Kier molecular flexibility index (Phi) is 6.14. The zero-order valence-electron chi connectivity index (χ0n) is 12.3. The molecule has 1 aromatic rings. The van der Waals surface area contributed by atoms with Crippen molar-refractivity contribution in [3.05, 3.63) is 28.8 Å². The van der Waals surface area contributed by atoms with E-state index >= 15 is 0 Å². The Morgan fingerprint density at radius 1 is 1.35 bits per heavy atom. The van der Waals surface area contributed by atoms with E-state index in [1.807, 2.05) is 18.2 Å². The van der Waals surface area contributed by atoms with E-state index in [2.05, 4.69) is 19.2 Å². The minimum atomic E-state index is 0.300. The molecule has 1 N–H and O–H groups in total. The molecule has 1 aromatic carbocycles. The van der Waals surface area contributed by atoms with Gasteiger partial charge in [-0.15, -0.1) is 0 Å². The largest absolute Gasteiger partial charge is 0.467 e. The summed E-state index contributed by atoms with van der Waals surface area (Å²) >= 11 is 6.26. The van der Waals surface area contributed by atoms with Gasteiger partial charge < -0.3 is 14.8 Å². The van der Waals surface area contributed by atoms with Gasteiger partial charge in [-0.1, -0.05) is 31.5 Å². The second-order valence-electron chi connectivity index (χ2n) is 5.82. The molecule has 0 saturated heterocycles. The maximum atomic E-state index is 6.26. The van der Waals surface area contributed by atoms with Crippen LogP contribution in [0.1, 0.15) is 32.3 Å². The second kappa shape index (κ2) is 7.87. The molecule has 112 valence electrons. The normalized spacial score (nSPS) is 14.8. The van der Waals surface area contributed by atoms with Gasteiger partial charge in [0, 0.05) is 17.1 Å². The molecule has 1 aliphatic rings. The Morgan fingerprint density at radius 3 is 2.85 bits per heavy atom. The van der Waals surface area contributed by atoms with Gasteiger partial charge in [0.2, 0.25) is 0 Å². The Labute approximate surface area is 126 Å². The van der Waals surface area contributed by atoms with Crippen molar-refractivity contribution in [1.29, 1.82) is 0 Å². The summed E-state index contributed by atoms with van der Waals surface area (Å²) < 4.78 is 11.2. The first-order valence-electron chi connectivity index (χ1n) is 7.35. The van der Waals surface area contributed by atoms with Crippen LogP contribution in [-0.2, 0) is 11.3 Å². The van der Waals surface area contributed by atoms with Gasteiger partial charge in [0.1, 0.15) is 5.75 Å². The van der Waals surface area contributed by atoms with E-state index in [0.717, 1.165) is 41.9 Å². The second-order valence-corrected chi connectivity index (χ2v) is 6.22. The average Bonchev–Trinajstić information content (AvgIpc) is 3.21. The van der Waals surface area contributed by atoms with E-state index in [4.69, 9.17) is 21.1 Å². The summed E-state index contributed by atoms with van der Waals surface area (Å²) in [5, 5.41) is 4.13. The van der Waals surface area contributed by atoms with Crippen molar-refractivity contribution in [3.8, 4) is 5.75 Å². The van der Waals surface area contributed by atoms with Crippen LogP contribution in [0.3, 0.4) is 0 Å². The fourth-order valence-electron chi connectivity index (χ4n) is 1.94. The number of halogens is 1. The monoisotopic (exact) mass is 297 g/mol. The van der Waals surface area contributed by atoms with Gasteiger partial charge in [-0.3, -0.25) is 0 Å². The SMILES string of the molecule is CC(C)CNCc1c(Cl)cccc1OCOCC1CC1. The van der Waals surface area contributed by atoms with Crippen LogP contribution in [-0.4, -0.2) is 19.9 Å². The number of ether oxygens (including phenoxy) is 2. The number of rotatable bonds is 9. The van der Waals surface area contributed by atoms with Crippen molar-refractivity contribution in [2.75, 3.05) is 19.9 Å². The molecule has 1 fully saturated rings. The molecule has 0 unspecified atom stereocenters. The summed E-state index contributed by atoms with van der Waals surface area (Å²) in [6, 6.07) is 5.75. The van der Waals surface area contributed by atoms with Crippen LogP contribution in [0.4, 0.5) is 0 Å². The Morgan fingerprint density at radius 2 is 2.15 bits per heavy atom. The van der Waals surface area contributed by atoms with Crippen molar-refractivity contribution in [3.63, 3.8) is 0 Å². The molecule has 0 heterocycles. The van der Waals surface area contributed by atoms with Gasteiger partial charge in [-0.05, 0) is 43.4 Å². The Hall–Kier alpha value is -0.770. The Balaban J connectivity index is 1.83. The summed E-state index contributed by atoms with van der Waals surface area (Å²) in [6.07, 6.45) is 2.59. The summed E-state index contributed by atoms with van der Waals surface area (Å²) in [5.74, 6) is 2.18. The molecule has 20 heavy (non-hydrogen) atoms. The highest BCUT2D eigenvalue weighted by Crippen LogP contribution is 2.29. The fourth-order valence-corrected chi connectivity index (χ4v) is 2.17. The van der Waals surface area contributed by atoms with Crippen LogP contribution in [0, 0.1) is 11.8 Å². The molecule has 0 aliphatic heterocycles. The molecule has 0 amide bonds. The standard InChI is InChI=1S/C16H24ClNO2/c1-12(2)8-18-9-14-15(17)4-3-5-16(14)20-11-19-10-13-6-7-13/h3-5,12-13,18H,6-11H2,1-2H3.